The number of para-hydroxylation sites is 1. The standard InChI is InChI=1S/C22H20N4O3S/c1-4-12-30-22-23-20(28)19-17-10-5-6-11-18(17)25(14(2)27)21(26(19)24-22)15-8-7-9-16(13-15)29-3/h4-11,13,21H,1,12H2,2-3H3. The van der Waals surface area contributed by atoms with E-state index in [1.165, 1.54) is 18.7 Å². The van der Waals surface area contributed by atoms with Crippen molar-refractivity contribution < 1.29 is 19.3 Å². The van der Waals surface area contributed by atoms with Gasteiger partial charge < -0.3 is 9.84 Å². The summed E-state index contributed by atoms with van der Waals surface area (Å²) in [5.74, 6) is 0.657. The number of nitrogens with zero attached hydrogens (tertiary/aromatic N) is 4. The summed E-state index contributed by atoms with van der Waals surface area (Å²) in [5, 5.41) is 18.0. The van der Waals surface area contributed by atoms with Crippen LogP contribution in [-0.2, 0) is 4.79 Å². The SMILES string of the molecule is C=CCSc1nc([O-])c2[n+](n1)C(c1cccc(OC)c1)N(C(C)=O)c1ccccc1-2. The third-order valence-corrected chi connectivity index (χ3v) is 5.61. The minimum atomic E-state index is -0.652. The Bertz CT molecular complexity index is 1140. The third kappa shape index (κ3) is 3.39. The highest BCUT2D eigenvalue weighted by Gasteiger charge is 2.43. The summed E-state index contributed by atoms with van der Waals surface area (Å²) in [6, 6.07) is 14.7. The van der Waals surface area contributed by atoms with Gasteiger partial charge in [0.05, 0.1) is 24.2 Å². The summed E-state index contributed by atoms with van der Waals surface area (Å²) in [7, 11) is 1.58. The van der Waals surface area contributed by atoms with Gasteiger partial charge in [-0.15, -0.1) is 6.58 Å². The molecule has 2 aromatic carbocycles. The van der Waals surface area contributed by atoms with E-state index in [1.807, 2.05) is 42.5 Å². The number of fused-ring (bicyclic) bond motifs is 3. The lowest BCUT2D eigenvalue weighted by Crippen LogP contribution is -2.58. The molecule has 30 heavy (non-hydrogen) atoms. The molecule has 0 saturated carbocycles. The van der Waals surface area contributed by atoms with E-state index in [0.717, 1.165) is 5.56 Å². The van der Waals surface area contributed by atoms with Crippen LogP contribution >= 0.6 is 11.8 Å². The maximum absolute atomic E-state index is 13.0. The largest absolute Gasteiger partial charge is 0.854 e. The number of carbonyl (C=O) groups is 1. The number of anilines is 1. The second-order valence-electron chi connectivity index (χ2n) is 6.65. The van der Waals surface area contributed by atoms with E-state index in [1.54, 1.807) is 28.8 Å². The van der Waals surface area contributed by atoms with Crippen molar-refractivity contribution in [2.45, 2.75) is 18.2 Å². The number of amides is 1. The van der Waals surface area contributed by atoms with Crippen LogP contribution in [0.4, 0.5) is 5.69 Å². The number of rotatable bonds is 5. The Hall–Kier alpha value is -3.39. The van der Waals surface area contributed by atoms with E-state index >= 15 is 0 Å². The summed E-state index contributed by atoms with van der Waals surface area (Å²) in [4.78, 5) is 18.6. The summed E-state index contributed by atoms with van der Waals surface area (Å²) in [6.07, 6.45) is 1.07. The zero-order chi connectivity index (χ0) is 21.3. The van der Waals surface area contributed by atoms with Gasteiger partial charge in [0, 0.05) is 23.3 Å². The molecule has 1 atom stereocenters. The Morgan fingerprint density at radius 3 is 2.87 bits per heavy atom. The van der Waals surface area contributed by atoms with E-state index in [4.69, 9.17) is 4.74 Å². The number of aromatic nitrogens is 3. The predicted octanol–water partition coefficient (Wildman–Crippen LogP) is 2.70. The number of methoxy groups -OCH3 is 1. The quantitative estimate of drug-likeness (QED) is 0.359. The Labute approximate surface area is 178 Å². The molecule has 4 rings (SSSR count). The average Bonchev–Trinajstić information content (AvgIpc) is 2.76. The zero-order valence-electron chi connectivity index (χ0n) is 16.6. The number of hydrogen-bond acceptors (Lipinski definition) is 6. The Morgan fingerprint density at radius 2 is 2.13 bits per heavy atom. The summed E-state index contributed by atoms with van der Waals surface area (Å²) in [6.45, 7) is 5.21. The van der Waals surface area contributed by atoms with Crippen molar-refractivity contribution in [1.82, 2.24) is 10.1 Å². The monoisotopic (exact) mass is 420 g/mol. The van der Waals surface area contributed by atoms with Gasteiger partial charge in [-0.05, 0) is 30.3 Å². The number of thioether (sulfide) groups is 1. The van der Waals surface area contributed by atoms with E-state index in [9.17, 15) is 9.90 Å². The highest BCUT2D eigenvalue weighted by molar-refractivity contribution is 7.99. The van der Waals surface area contributed by atoms with Crippen molar-refractivity contribution in [3.63, 3.8) is 0 Å². The molecule has 0 bridgehead atoms. The van der Waals surface area contributed by atoms with Crippen LogP contribution < -0.4 is 19.4 Å². The van der Waals surface area contributed by atoms with Crippen molar-refractivity contribution >= 4 is 23.4 Å². The van der Waals surface area contributed by atoms with Gasteiger partial charge in [0.2, 0.25) is 5.91 Å². The molecule has 0 N–H and O–H groups in total. The molecule has 7 nitrogen and oxygen atoms in total. The lowest BCUT2D eigenvalue weighted by Gasteiger charge is -2.32. The lowest BCUT2D eigenvalue weighted by molar-refractivity contribution is -0.764. The molecule has 0 aliphatic carbocycles. The summed E-state index contributed by atoms with van der Waals surface area (Å²) >= 11 is 1.31. The minimum absolute atomic E-state index is 0.167. The van der Waals surface area contributed by atoms with Crippen molar-refractivity contribution in [2.24, 2.45) is 0 Å². The summed E-state index contributed by atoms with van der Waals surface area (Å²) < 4.78 is 6.97. The molecule has 8 heteroatoms. The molecule has 0 radical (unpaired) electrons. The third-order valence-electron chi connectivity index (χ3n) is 4.78. The lowest BCUT2D eigenvalue weighted by atomic mass is 10.0. The van der Waals surface area contributed by atoms with Gasteiger partial charge in [-0.2, -0.15) is 0 Å². The van der Waals surface area contributed by atoms with Crippen molar-refractivity contribution in [3.05, 3.63) is 66.7 Å². The molecular weight excluding hydrogens is 400 g/mol. The minimum Gasteiger partial charge on any atom is -0.854 e. The first kappa shape index (κ1) is 19.9. The van der Waals surface area contributed by atoms with Crippen LogP contribution in [0.3, 0.4) is 0 Å². The van der Waals surface area contributed by atoms with Gasteiger partial charge in [0.15, 0.2) is 0 Å². The Balaban J connectivity index is 2.02. The number of hydrogen-bond donors (Lipinski definition) is 0. The fraction of sp³-hybridized carbons (Fsp3) is 0.182. The van der Waals surface area contributed by atoms with Crippen LogP contribution in [0.2, 0.25) is 0 Å². The van der Waals surface area contributed by atoms with Gasteiger partial charge in [-0.1, -0.05) is 40.7 Å². The average molecular weight is 420 g/mol. The molecule has 3 aromatic rings. The second kappa shape index (κ2) is 8.16. The fourth-order valence-electron chi connectivity index (χ4n) is 3.57. The second-order valence-corrected chi connectivity index (χ2v) is 7.64. The molecule has 1 aliphatic rings. The van der Waals surface area contributed by atoms with Crippen LogP contribution in [0.1, 0.15) is 18.7 Å². The van der Waals surface area contributed by atoms with Gasteiger partial charge in [-0.25, -0.2) is 9.88 Å². The zero-order valence-corrected chi connectivity index (χ0v) is 17.4. The van der Waals surface area contributed by atoms with Crippen LogP contribution in [0.5, 0.6) is 11.6 Å². The predicted molar refractivity (Wildman–Crippen MR) is 112 cm³/mol. The fourth-order valence-corrected chi connectivity index (χ4v) is 4.13. The molecular formula is C22H20N4O3S. The maximum atomic E-state index is 13.0. The molecule has 2 heterocycles. The summed E-state index contributed by atoms with van der Waals surface area (Å²) in [5.41, 5.74) is 2.38. The van der Waals surface area contributed by atoms with Crippen LogP contribution in [0, 0.1) is 0 Å². The molecule has 0 fully saturated rings. The number of benzene rings is 2. The molecule has 0 spiro atoms. The van der Waals surface area contributed by atoms with Gasteiger partial charge >= 0.3 is 0 Å². The molecule has 1 aromatic heterocycles. The first-order valence-electron chi connectivity index (χ1n) is 9.33. The van der Waals surface area contributed by atoms with Gasteiger partial charge in [0.1, 0.15) is 5.75 Å². The van der Waals surface area contributed by atoms with Gasteiger partial charge in [-0.3, -0.25) is 4.79 Å². The van der Waals surface area contributed by atoms with Crippen LogP contribution in [0.25, 0.3) is 11.3 Å². The molecule has 152 valence electrons. The normalized spacial score (nSPS) is 14.6. The Kier molecular flexibility index (Phi) is 5.41. The highest BCUT2D eigenvalue weighted by atomic mass is 32.2. The van der Waals surface area contributed by atoms with E-state index < -0.39 is 6.17 Å². The van der Waals surface area contributed by atoms with E-state index in [-0.39, 0.29) is 11.8 Å². The first-order valence-corrected chi connectivity index (χ1v) is 10.3. The molecule has 1 amide bonds. The van der Waals surface area contributed by atoms with Crippen molar-refractivity contribution in [2.75, 3.05) is 17.8 Å². The molecule has 1 aliphatic heterocycles. The molecule has 1 unspecified atom stereocenters. The molecule has 0 saturated heterocycles. The highest BCUT2D eigenvalue weighted by Crippen LogP contribution is 2.41. The van der Waals surface area contributed by atoms with E-state index in [2.05, 4.69) is 16.7 Å². The first-order chi connectivity index (χ1) is 14.5. The topological polar surface area (TPSA) is 82.3 Å². The van der Waals surface area contributed by atoms with Crippen LogP contribution in [0.15, 0.2) is 66.3 Å². The van der Waals surface area contributed by atoms with Crippen LogP contribution in [-0.4, -0.2) is 28.9 Å². The maximum Gasteiger partial charge on any atom is 0.293 e. The number of carbonyl (C=O) groups excluding carboxylic acids is 1. The van der Waals surface area contributed by atoms with Gasteiger partial charge in [0.25, 0.3) is 17.0 Å². The van der Waals surface area contributed by atoms with Crippen molar-refractivity contribution in [3.8, 4) is 22.9 Å². The van der Waals surface area contributed by atoms with Crippen molar-refractivity contribution in [1.29, 1.82) is 0 Å². The number of ether oxygens (including phenoxy) is 1. The van der Waals surface area contributed by atoms with E-state index in [0.29, 0.717) is 33.6 Å². The smallest absolute Gasteiger partial charge is 0.293 e. The Morgan fingerprint density at radius 1 is 1.33 bits per heavy atom.